The van der Waals surface area contributed by atoms with Gasteiger partial charge in [-0.2, -0.15) is 0 Å². The third kappa shape index (κ3) is 6.76. The summed E-state index contributed by atoms with van der Waals surface area (Å²) in [6, 6.07) is 1.46. The van der Waals surface area contributed by atoms with Gasteiger partial charge in [0.25, 0.3) is 0 Å². The molecule has 0 unspecified atom stereocenters. The van der Waals surface area contributed by atoms with Crippen molar-refractivity contribution in [1.29, 1.82) is 0 Å². The Morgan fingerprint density at radius 3 is 2.32 bits per heavy atom. The Kier molecular flexibility index (Phi) is 7.38. The van der Waals surface area contributed by atoms with Gasteiger partial charge in [0.05, 0.1) is 0 Å². The molecule has 0 aliphatic carbocycles. The number of nitrogens with zero attached hydrogens (tertiary/aromatic N) is 1. The predicted molar refractivity (Wildman–Crippen MR) is 85.7 cm³/mol. The minimum atomic E-state index is 0.463. The van der Waals surface area contributed by atoms with Crippen LogP contribution in [0.5, 0.6) is 0 Å². The van der Waals surface area contributed by atoms with Crippen molar-refractivity contribution >= 4 is 0 Å². The van der Waals surface area contributed by atoms with Crippen molar-refractivity contribution in [3.8, 4) is 0 Å². The number of hydrogen-bond acceptors (Lipinski definition) is 2. The van der Waals surface area contributed by atoms with Gasteiger partial charge in [-0.1, -0.05) is 40.0 Å². The van der Waals surface area contributed by atoms with E-state index in [4.69, 9.17) is 0 Å². The molecule has 0 aromatic rings. The molecule has 0 saturated carbocycles. The fourth-order valence-corrected chi connectivity index (χ4v) is 2.98. The van der Waals surface area contributed by atoms with Crippen LogP contribution in [0.3, 0.4) is 0 Å². The lowest BCUT2D eigenvalue weighted by molar-refractivity contribution is 0.154. The number of likely N-dealkylation sites (tertiary alicyclic amines) is 1. The van der Waals surface area contributed by atoms with Gasteiger partial charge in [0.2, 0.25) is 0 Å². The number of unbranched alkanes of at least 4 members (excludes halogenated alkanes) is 2. The lowest BCUT2D eigenvalue weighted by Crippen LogP contribution is -2.46. The van der Waals surface area contributed by atoms with E-state index in [1.165, 1.54) is 58.2 Å². The van der Waals surface area contributed by atoms with Crippen LogP contribution < -0.4 is 5.32 Å². The van der Waals surface area contributed by atoms with Gasteiger partial charge >= 0.3 is 0 Å². The second-order valence-corrected chi connectivity index (χ2v) is 7.41. The predicted octanol–water partition coefficient (Wildman–Crippen LogP) is 4.06. The first kappa shape index (κ1) is 17.0. The third-order valence-electron chi connectivity index (χ3n) is 4.59. The smallest absolute Gasteiger partial charge is 0.00916 e. The summed E-state index contributed by atoms with van der Waals surface area (Å²) in [5.41, 5.74) is 0.463. The Hall–Kier alpha value is -0.0800. The molecule has 0 amide bonds. The Bertz CT molecular complexity index is 227. The Morgan fingerprint density at radius 1 is 1.16 bits per heavy atom. The van der Waals surface area contributed by atoms with Gasteiger partial charge in [-0.3, -0.25) is 0 Å². The number of piperidine rings is 1. The summed E-state index contributed by atoms with van der Waals surface area (Å²) in [4.78, 5) is 2.60. The molecule has 1 rings (SSSR count). The Morgan fingerprint density at radius 2 is 1.79 bits per heavy atom. The van der Waals surface area contributed by atoms with Gasteiger partial charge in [0.15, 0.2) is 0 Å². The molecule has 0 spiro atoms. The fourth-order valence-electron chi connectivity index (χ4n) is 2.98. The zero-order valence-corrected chi connectivity index (χ0v) is 14.0. The monoisotopic (exact) mass is 268 g/mol. The standard InChI is InChI=1S/C17H36N2/c1-6-7-8-11-17(4,5)14-18-16-9-12-19(13-10-16)15(2)3/h15-16,18H,6-14H2,1-5H3. The molecule has 0 bridgehead atoms. The van der Waals surface area contributed by atoms with Gasteiger partial charge in [-0.15, -0.1) is 0 Å². The molecule has 1 fully saturated rings. The maximum atomic E-state index is 3.82. The van der Waals surface area contributed by atoms with Crippen LogP contribution in [-0.4, -0.2) is 36.6 Å². The highest BCUT2D eigenvalue weighted by atomic mass is 15.2. The molecule has 2 heteroatoms. The summed E-state index contributed by atoms with van der Waals surface area (Å²) in [7, 11) is 0. The van der Waals surface area contributed by atoms with Gasteiger partial charge in [0.1, 0.15) is 0 Å². The molecule has 0 atom stereocenters. The van der Waals surface area contributed by atoms with Crippen molar-refractivity contribution in [3.63, 3.8) is 0 Å². The maximum Gasteiger partial charge on any atom is 0.00916 e. The number of hydrogen-bond donors (Lipinski definition) is 1. The number of rotatable bonds is 8. The van der Waals surface area contributed by atoms with Crippen LogP contribution >= 0.6 is 0 Å². The molecule has 1 N–H and O–H groups in total. The van der Waals surface area contributed by atoms with E-state index in [0.29, 0.717) is 11.5 Å². The summed E-state index contributed by atoms with van der Waals surface area (Å²) >= 11 is 0. The SMILES string of the molecule is CCCCCC(C)(C)CNC1CCN(C(C)C)CC1. The summed E-state index contributed by atoms with van der Waals surface area (Å²) < 4.78 is 0. The van der Waals surface area contributed by atoms with Crippen molar-refractivity contribution in [2.75, 3.05) is 19.6 Å². The zero-order valence-electron chi connectivity index (χ0n) is 14.0. The quantitative estimate of drug-likeness (QED) is 0.668. The van der Waals surface area contributed by atoms with E-state index in [1.807, 2.05) is 0 Å². The van der Waals surface area contributed by atoms with Gasteiger partial charge in [0, 0.05) is 18.6 Å². The first-order valence-corrected chi connectivity index (χ1v) is 8.42. The molecule has 1 aliphatic rings. The highest BCUT2D eigenvalue weighted by molar-refractivity contribution is 4.81. The molecular formula is C17H36N2. The van der Waals surface area contributed by atoms with Crippen LogP contribution in [0.1, 0.15) is 73.1 Å². The summed E-state index contributed by atoms with van der Waals surface area (Å²) in [6.45, 7) is 15.5. The molecular weight excluding hydrogens is 232 g/mol. The van der Waals surface area contributed by atoms with E-state index in [1.54, 1.807) is 0 Å². The normalized spacial score (nSPS) is 19.3. The van der Waals surface area contributed by atoms with Gasteiger partial charge in [-0.25, -0.2) is 0 Å². The average Bonchev–Trinajstić information content (AvgIpc) is 2.37. The molecule has 1 heterocycles. The van der Waals surface area contributed by atoms with Gasteiger partial charge < -0.3 is 10.2 Å². The first-order chi connectivity index (χ1) is 8.94. The third-order valence-corrected chi connectivity index (χ3v) is 4.59. The average molecular weight is 268 g/mol. The van der Waals surface area contributed by atoms with Crippen LogP contribution in [0.25, 0.3) is 0 Å². The minimum Gasteiger partial charge on any atom is -0.313 e. The molecule has 0 radical (unpaired) electrons. The molecule has 19 heavy (non-hydrogen) atoms. The van der Waals surface area contributed by atoms with Crippen LogP contribution in [0.15, 0.2) is 0 Å². The highest BCUT2D eigenvalue weighted by Gasteiger charge is 2.23. The van der Waals surface area contributed by atoms with E-state index >= 15 is 0 Å². The van der Waals surface area contributed by atoms with Crippen LogP contribution in [0.2, 0.25) is 0 Å². The molecule has 0 aromatic heterocycles. The molecule has 0 aromatic carbocycles. The zero-order chi connectivity index (χ0) is 14.3. The molecule has 1 saturated heterocycles. The van der Waals surface area contributed by atoms with Crippen molar-refractivity contribution in [2.45, 2.75) is 85.2 Å². The summed E-state index contributed by atoms with van der Waals surface area (Å²) in [5.74, 6) is 0. The lowest BCUT2D eigenvalue weighted by Gasteiger charge is -2.36. The minimum absolute atomic E-state index is 0.463. The van der Waals surface area contributed by atoms with E-state index in [9.17, 15) is 0 Å². The fraction of sp³-hybridized carbons (Fsp3) is 1.00. The van der Waals surface area contributed by atoms with Gasteiger partial charge in [-0.05, 0) is 51.6 Å². The topological polar surface area (TPSA) is 15.3 Å². The lowest BCUT2D eigenvalue weighted by atomic mass is 9.86. The van der Waals surface area contributed by atoms with Crippen molar-refractivity contribution in [2.24, 2.45) is 5.41 Å². The van der Waals surface area contributed by atoms with Crippen LogP contribution in [0, 0.1) is 5.41 Å². The Balaban J connectivity index is 2.18. The summed E-state index contributed by atoms with van der Waals surface area (Å²) in [6.07, 6.45) is 8.11. The first-order valence-electron chi connectivity index (χ1n) is 8.42. The molecule has 1 aliphatic heterocycles. The van der Waals surface area contributed by atoms with E-state index in [2.05, 4.69) is 44.8 Å². The second kappa shape index (κ2) is 8.26. The van der Waals surface area contributed by atoms with Crippen LogP contribution in [-0.2, 0) is 0 Å². The van der Waals surface area contributed by atoms with Crippen molar-refractivity contribution in [3.05, 3.63) is 0 Å². The highest BCUT2D eigenvalue weighted by Crippen LogP contribution is 2.23. The second-order valence-electron chi connectivity index (χ2n) is 7.41. The molecule has 114 valence electrons. The Labute approximate surface area is 121 Å². The van der Waals surface area contributed by atoms with E-state index in [0.717, 1.165) is 6.04 Å². The van der Waals surface area contributed by atoms with E-state index < -0.39 is 0 Å². The van der Waals surface area contributed by atoms with Crippen molar-refractivity contribution in [1.82, 2.24) is 10.2 Å². The van der Waals surface area contributed by atoms with Crippen LogP contribution in [0.4, 0.5) is 0 Å². The maximum absolute atomic E-state index is 3.82. The molecule has 2 nitrogen and oxygen atoms in total. The van der Waals surface area contributed by atoms with E-state index in [-0.39, 0.29) is 0 Å². The largest absolute Gasteiger partial charge is 0.313 e. The summed E-state index contributed by atoms with van der Waals surface area (Å²) in [5, 5.41) is 3.82. The van der Waals surface area contributed by atoms with Crippen molar-refractivity contribution < 1.29 is 0 Å². The number of nitrogens with one attached hydrogen (secondary N) is 1.